The van der Waals surface area contributed by atoms with Crippen LogP contribution in [-0.2, 0) is 10.2 Å². The van der Waals surface area contributed by atoms with E-state index in [9.17, 15) is 4.79 Å². The van der Waals surface area contributed by atoms with Gasteiger partial charge in [0, 0.05) is 5.02 Å². The SMILES string of the molecule is CC(=O)C1(c2cccc(Cl)c2)CCCCC1. The molecule has 1 aromatic carbocycles. The molecule has 1 aliphatic carbocycles. The third-order valence-electron chi connectivity index (χ3n) is 3.76. The topological polar surface area (TPSA) is 17.1 Å². The van der Waals surface area contributed by atoms with Crippen LogP contribution in [0.25, 0.3) is 0 Å². The van der Waals surface area contributed by atoms with Gasteiger partial charge >= 0.3 is 0 Å². The van der Waals surface area contributed by atoms with Crippen LogP contribution in [0.5, 0.6) is 0 Å². The van der Waals surface area contributed by atoms with Crippen molar-refractivity contribution < 1.29 is 4.79 Å². The van der Waals surface area contributed by atoms with Crippen LogP contribution in [0.15, 0.2) is 24.3 Å². The number of hydrogen-bond donors (Lipinski definition) is 0. The van der Waals surface area contributed by atoms with Crippen LogP contribution in [0.1, 0.15) is 44.6 Å². The van der Waals surface area contributed by atoms with E-state index in [1.165, 1.54) is 6.42 Å². The van der Waals surface area contributed by atoms with Gasteiger partial charge in [0.2, 0.25) is 0 Å². The van der Waals surface area contributed by atoms with Gasteiger partial charge in [-0.1, -0.05) is 43.0 Å². The van der Waals surface area contributed by atoms with Gasteiger partial charge in [-0.15, -0.1) is 0 Å². The maximum absolute atomic E-state index is 12.0. The van der Waals surface area contributed by atoms with Gasteiger partial charge in [-0.3, -0.25) is 4.79 Å². The monoisotopic (exact) mass is 236 g/mol. The van der Waals surface area contributed by atoms with E-state index in [-0.39, 0.29) is 11.2 Å². The number of halogens is 1. The molecular formula is C14H17ClO. The average molecular weight is 237 g/mol. The minimum atomic E-state index is -0.261. The van der Waals surface area contributed by atoms with Crippen molar-refractivity contribution in [3.05, 3.63) is 34.9 Å². The lowest BCUT2D eigenvalue weighted by Crippen LogP contribution is -2.36. The van der Waals surface area contributed by atoms with Crippen molar-refractivity contribution in [1.29, 1.82) is 0 Å². The number of hydrogen-bond acceptors (Lipinski definition) is 1. The predicted octanol–water partition coefficient (Wildman–Crippen LogP) is 4.13. The Morgan fingerprint density at radius 1 is 1.25 bits per heavy atom. The number of Topliss-reactive ketones (excluding diaryl/α,β-unsaturated/α-hetero) is 1. The Labute approximate surface area is 102 Å². The van der Waals surface area contributed by atoms with Gasteiger partial charge in [0.15, 0.2) is 0 Å². The molecule has 0 unspecified atom stereocenters. The van der Waals surface area contributed by atoms with Crippen molar-refractivity contribution in [2.24, 2.45) is 0 Å². The summed E-state index contributed by atoms with van der Waals surface area (Å²) in [5.41, 5.74) is 0.843. The highest BCUT2D eigenvalue weighted by Crippen LogP contribution is 2.40. The number of carbonyl (C=O) groups excluding carboxylic acids is 1. The van der Waals surface area contributed by atoms with Crippen LogP contribution < -0.4 is 0 Å². The average Bonchev–Trinajstić information content (AvgIpc) is 2.30. The highest BCUT2D eigenvalue weighted by molar-refractivity contribution is 6.30. The van der Waals surface area contributed by atoms with Gasteiger partial charge in [0.25, 0.3) is 0 Å². The summed E-state index contributed by atoms with van der Waals surface area (Å²) in [5.74, 6) is 0.287. The van der Waals surface area contributed by atoms with Crippen molar-refractivity contribution >= 4 is 17.4 Å². The molecule has 0 N–H and O–H groups in total. The van der Waals surface area contributed by atoms with Crippen molar-refractivity contribution in [1.82, 2.24) is 0 Å². The molecule has 16 heavy (non-hydrogen) atoms. The molecule has 0 bridgehead atoms. The smallest absolute Gasteiger partial charge is 0.140 e. The lowest BCUT2D eigenvalue weighted by Gasteiger charge is -2.35. The number of carbonyl (C=O) groups is 1. The third-order valence-corrected chi connectivity index (χ3v) is 3.99. The van der Waals surface area contributed by atoms with Crippen LogP contribution in [0.2, 0.25) is 5.02 Å². The van der Waals surface area contributed by atoms with Crippen molar-refractivity contribution in [3.8, 4) is 0 Å². The maximum atomic E-state index is 12.0. The quantitative estimate of drug-likeness (QED) is 0.755. The molecule has 0 saturated heterocycles. The van der Waals surface area contributed by atoms with Gasteiger partial charge in [0.1, 0.15) is 5.78 Å². The van der Waals surface area contributed by atoms with Crippen LogP contribution in [0.3, 0.4) is 0 Å². The number of rotatable bonds is 2. The summed E-state index contributed by atoms with van der Waals surface area (Å²) in [6.07, 6.45) is 5.49. The van der Waals surface area contributed by atoms with E-state index < -0.39 is 0 Å². The van der Waals surface area contributed by atoms with E-state index in [0.717, 1.165) is 36.3 Å². The minimum Gasteiger partial charge on any atom is -0.299 e. The summed E-state index contributed by atoms with van der Waals surface area (Å²) in [6, 6.07) is 7.80. The molecule has 0 spiro atoms. The van der Waals surface area contributed by atoms with Gasteiger partial charge in [-0.05, 0) is 37.5 Å². The molecular weight excluding hydrogens is 220 g/mol. The molecule has 86 valence electrons. The molecule has 1 saturated carbocycles. The van der Waals surface area contributed by atoms with Gasteiger partial charge in [-0.25, -0.2) is 0 Å². The predicted molar refractivity (Wildman–Crippen MR) is 66.9 cm³/mol. The molecule has 1 aliphatic rings. The first kappa shape index (κ1) is 11.7. The summed E-state index contributed by atoms with van der Waals surface area (Å²) in [6.45, 7) is 1.71. The van der Waals surface area contributed by atoms with Crippen LogP contribution in [0.4, 0.5) is 0 Å². The lowest BCUT2D eigenvalue weighted by molar-refractivity contribution is -0.123. The third kappa shape index (κ3) is 2.01. The highest BCUT2D eigenvalue weighted by atomic mass is 35.5. The Morgan fingerprint density at radius 3 is 2.50 bits per heavy atom. The van der Waals surface area contributed by atoms with Crippen LogP contribution >= 0.6 is 11.6 Å². The molecule has 2 rings (SSSR count). The number of benzene rings is 1. The largest absolute Gasteiger partial charge is 0.299 e. The standard InChI is InChI=1S/C14H17ClO/c1-11(16)14(8-3-2-4-9-14)12-6-5-7-13(15)10-12/h5-7,10H,2-4,8-9H2,1H3. The maximum Gasteiger partial charge on any atom is 0.140 e. The molecule has 0 atom stereocenters. The molecule has 1 fully saturated rings. The summed E-state index contributed by atoms with van der Waals surface area (Å²) < 4.78 is 0. The molecule has 0 heterocycles. The zero-order valence-electron chi connectivity index (χ0n) is 9.63. The Balaban J connectivity index is 2.42. The van der Waals surface area contributed by atoms with E-state index >= 15 is 0 Å². The van der Waals surface area contributed by atoms with E-state index in [2.05, 4.69) is 0 Å². The van der Waals surface area contributed by atoms with E-state index in [4.69, 9.17) is 11.6 Å². The fourth-order valence-electron chi connectivity index (χ4n) is 2.79. The normalized spacial score (nSPS) is 19.4. The second-order valence-corrected chi connectivity index (χ2v) is 5.15. The van der Waals surface area contributed by atoms with Crippen LogP contribution in [-0.4, -0.2) is 5.78 Å². The summed E-state index contributed by atoms with van der Waals surface area (Å²) >= 11 is 6.02. The van der Waals surface area contributed by atoms with Crippen molar-refractivity contribution in [2.45, 2.75) is 44.4 Å². The highest BCUT2D eigenvalue weighted by Gasteiger charge is 2.38. The fraction of sp³-hybridized carbons (Fsp3) is 0.500. The minimum absolute atomic E-state index is 0.261. The van der Waals surface area contributed by atoms with Crippen LogP contribution in [0, 0.1) is 0 Å². The fourth-order valence-corrected chi connectivity index (χ4v) is 2.98. The molecule has 0 aliphatic heterocycles. The summed E-state index contributed by atoms with van der Waals surface area (Å²) in [7, 11) is 0. The first-order chi connectivity index (χ1) is 7.65. The zero-order valence-corrected chi connectivity index (χ0v) is 10.4. The molecule has 2 heteroatoms. The molecule has 0 aromatic heterocycles. The number of ketones is 1. The first-order valence-corrected chi connectivity index (χ1v) is 6.30. The van der Waals surface area contributed by atoms with E-state index in [0.29, 0.717) is 0 Å². The lowest BCUT2D eigenvalue weighted by atomic mass is 9.67. The van der Waals surface area contributed by atoms with Crippen molar-refractivity contribution in [2.75, 3.05) is 0 Å². The Bertz CT molecular complexity index is 391. The van der Waals surface area contributed by atoms with Gasteiger partial charge < -0.3 is 0 Å². The Hall–Kier alpha value is -0.820. The molecule has 0 radical (unpaired) electrons. The summed E-state index contributed by atoms with van der Waals surface area (Å²) in [4.78, 5) is 12.0. The second-order valence-electron chi connectivity index (χ2n) is 4.71. The van der Waals surface area contributed by atoms with Crippen molar-refractivity contribution in [3.63, 3.8) is 0 Å². The van der Waals surface area contributed by atoms with E-state index in [1.54, 1.807) is 6.92 Å². The Kier molecular flexibility index (Phi) is 3.34. The zero-order chi connectivity index (χ0) is 11.6. The Morgan fingerprint density at radius 2 is 1.94 bits per heavy atom. The molecule has 0 amide bonds. The molecule has 1 aromatic rings. The summed E-state index contributed by atoms with van der Waals surface area (Å²) in [5, 5.41) is 0.726. The van der Waals surface area contributed by atoms with Gasteiger partial charge in [-0.2, -0.15) is 0 Å². The van der Waals surface area contributed by atoms with Gasteiger partial charge in [0.05, 0.1) is 5.41 Å². The van der Waals surface area contributed by atoms with E-state index in [1.807, 2.05) is 24.3 Å². The first-order valence-electron chi connectivity index (χ1n) is 5.92. The second kappa shape index (κ2) is 4.58. The molecule has 1 nitrogen and oxygen atoms in total.